The van der Waals surface area contributed by atoms with Crippen LogP contribution in [0.5, 0.6) is 11.5 Å². The Kier molecular flexibility index (Phi) is 5.70. The Morgan fingerprint density at radius 2 is 1.58 bits per heavy atom. The van der Waals surface area contributed by atoms with Crippen molar-refractivity contribution in [3.8, 4) is 22.1 Å². The highest BCUT2D eigenvalue weighted by Gasteiger charge is 2.34. The van der Waals surface area contributed by atoms with Crippen LogP contribution >= 0.6 is 11.3 Å². The van der Waals surface area contributed by atoms with Gasteiger partial charge in [-0.15, -0.1) is 29.6 Å². The van der Waals surface area contributed by atoms with Gasteiger partial charge in [0.2, 0.25) is 0 Å². The first-order valence-corrected chi connectivity index (χ1v) is 9.88. The van der Waals surface area contributed by atoms with E-state index in [2.05, 4.69) is 19.9 Å². The molecule has 0 spiro atoms. The van der Waals surface area contributed by atoms with Crippen molar-refractivity contribution in [1.29, 1.82) is 0 Å². The molecule has 4 rings (SSSR count). The summed E-state index contributed by atoms with van der Waals surface area (Å²) >= 11 is 1.25. The molecule has 0 bridgehead atoms. The Morgan fingerprint density at radius 3 is 2.24 bits per heavy atom. The van der Waals surface area contributed by atoms with Gasteiger partial charge in [0.05, 0.1) is 27.2 Å². The van der Waals surface area contributed by atoms with Crippen molar-refractivity contribution < 1.29 is 36.2 Å². The van der Waals surface area contributed by atoms with Crippen LogP contribution in [0.4, 0.5) is 37.7 Å². The number of alkyl halides is 6. The lowest BCUT2D eigenvalue weighted by atomic mass is 10.1. The molecule has 0 aliphatic rings. The van der Waals surface area contributed by atoms with Crippen molar-refractivity contribution in [3.63, 3.8) is 0 Å². The lowest BCUT2D eigenvalue weighted by Crippen LogP contribution is -2.16. The fraction of sp³-hybridized carbons (Fsp3) is 0.0952. The van der Waals surface area contributed by atoms with E-state index in [1.54, 1.807) is 12.1 Å². The molecule has 0 aliphatic carbocycles. The second kappa shape index (κ2) is 8.35. The molecule has 0 atom stereocenters. The van der Waals surface area contributed by atoms with Crippen LogP contribution < -0.4 is 4.74 Å². The maximum Gasteiger partial charge on any atom is 0.573 e. The average molecular weight is 483 g/mol. The summed E-state index contributed by atoms with van der Waals surface area (Å²) in [6, 6.07) is 12.7. The molecule has 0 amide bonds. The second-order valence-corrected chi connectivity index (χ2v) is 7.67. The fourth-order valence-electron chi connectivity index (χ4n) is 2.85. The van der Waals surface area contributed by atoms with Gasteiger partial charge in [0.25, 0.3) is 0 Å². The number of hydrogen-bond donors (Lipinski definition) is 1. The number of aromatic nitrogens is 1. The topological polar surface area (TPSA) is 67.1 Å². The number of azo groups is 1. The van der Waals surface area contributed by atoms with E-state index in [0.29, 0.717) is 26.9 Å². The molecular formula is C21H11F6N3O2S. The molecule has 170 valence electrons. The van der Waals surface area contributed by atoms with Gasteiger partial charge < -0.3 is 9.84 Å². The Bertz CT molecular complexity index is 1330. The summed E-state index contributed by atoms with van der Waals surface area (Å²) in [5.41, 5.74) is -0.345. The molecule has 33 heavy (non-hydrogen) atoms. The number of hydrogen-bond acceptors (Lipinski definition) is 6. The highest BCUT2D eigenvalue weighted by atomic mass is 32.1. The number of ether oxygens (including phenoxy) is 1. The lowest BCUT2D eigenvalue weighted by Gasteiger charge is -2.09. The Hall–Kier alpha value is -3.67. The van der Waals surface area contributed by atoms with Gasteiger partial charge in [-0.25, -0.2) is 4.98 Å². The number of benzene rings is 3. The van der Waals surface area contributed by atoms with Crippen molar-refractivity contribution in [2.24, 2.45) is 10.2 Å². The maximum absolute atomic E-state index is 13.1. The summed E-state index contributed by atoms with van der Waals surface area (Å²) in [7, 11) is 0. The third-order valence-electron chi connectivity index (χ3n) is 4.27. The monoisotopic (exact) mass is 483 g/mol. The summed E-state index contributed by atoms with van der Waals surface area (Å²) < 4.78 is 81.1. The van der Waals surface area contributed by atoms with E-state index in [0.717, 1.165) is 12.1 Å². The number of nitrogens with zero attached hydrogens (tertiary/aromatic N) is 3. The average Bonchev–Trinajstić information content (AvgIpc) is 3.15. The molecule has 1 heterocycles. The van der Waals surface area contributed by atoms with Crippen LogP contribution in [-0.2, 0) is 6.18 Å². The van der Waals surface area contributed by atoms with Gasteiger partial charge in [0.15, 0.2) is 0 Å². The summed E-state index contributed by atoms with van der Waals surface area (Å²) in [5.74, 6) is -0.923. The summed E-state index contributed by atoms with van der Waals surface area (Å²) in [5, 5.41) is 17.3. The molecule has 0 unspecified atom stereocenters. The molecule has 0 aliphatic heterocycles. The van der Waals surface area contributed by atoms with Gasteiger partial charge in [-0.05, 0) is 54.6 Å². The predicted molar refractivity (Wildman–Crippen MR) is 109 cm³/mol. The predicted octanol–water partition coefficient (Wildman–Crippen LogP) is 8.00. The van der Waals surface area contributed by atoms with Gasteiger partial charge >= 0.3 is 12.5 Å². The minimum absolute atomic E-state index is 0.266. The van der Waals surface area contributed by atoms with Crippen molar-refractivity contribution >= 4 is 32.9 Å². The summed E-state index contributed by atoms with van der Waals surface area (Å²) in [6.45, 7) is 0. The van der Waals surface area contributed by atoms with Gasteiger partial charge in [0, 0.05) is 11.6 Å². The largest absolute Gasteiger partial charge is 0.573 e. The van der Waals surface area contributed by atoms with Gasteiger partial charge in [-0.2, -0.15) is 18.3 Å². The minimum Gasteiger partial charge on any atom is -0.508 e. The van der Waals surface area contributed by atoms with Crippen LogP contribution in [0.3, 0.4) is 0 Å². The highest BCUT2D eigenvalue weighted by molar-refractivity contribution is 7.21. The lowest BCUT2D eigenvalue weighted by molar-refractivity contribution is -0.274. The zero-order chi connectivity index (χ0) is 23.8. The van der Waals surface area contributed by atoms with Crippen molar-refractivity contribution in [2.45, 2.75) is 12.5 Å². The Balaban J connectivity index is 1.56. The molecule has 0 saturated heterocycles. The molecule has 0 fully saturated rings. The van der Waals surface area contributed by atoms with Crippen LogP contribution in [0.2, 0.25) is 0 Å². The second-order valence-electron chi connectivity index (χ2n) is 6.64. The smallest absolute Gasteiger partial charge is 0.508 e. The van der Waals surface area contributed by atoms with E-state index in [4.69, 9.17) is 0 Å². The molecule has 5 nitrogen and oxygen atoms in total. The van der Waals surface area contributed by atoms with Crippen LogP contribution in [-0.4, -0.2) is 16.5 Å². The van der Waals surface area contributed by atoms with Crippen LogP contribution in [0.15, 0.2) is 70.9 Å². The first kappa shape index (κ1) is 22.5. The van der Waals surface area contributed by atoms with E-state index in [1.165, 1.54) is 41.7 Å². The van der Waals surface area contributed by atoms with Crippen LogP contribution in [0, 0.1) is 0 Å². The number of aromatic hydroxyl groups is 1. The summed E-state index contributed by atoms with van der Waals surface area (Å²) in [4.78, 5) is 4.31. The third-order valence-corrected chi connectivity index (χ3v) is 5.35. The van der Waals surface area contributed by atoms with Gasteiger partial charge in [0.1, 0.15) is 16.5 Å². The van der Waals surface area contributed by atoms with E-state index < -0.39 is 29.5 Å². The van der Waals surface area contributed by atoms with Crippen LogP contribution in [0.1, 0.15) is 5.56 Å². The maximum atomic E-state index is 13.1. The van der Waals surface area contributed by atoms with E-state index in [-0.39, 0.29) is 11.4 Å². The number of rotatable bonds is 4. The van der Waals surface area contributed by atoms with E-state index in [1.807, 2.05) is 0 Å². The molecule has 12 heteroatoms. The number of thiazole rings is 1. The molecule has 4 aromatic rings. The Morgan fingerprint density at radius 1 is 0.848 bits per heavy atom. The molecule has 0 radical (unpaired) electrons. The fourth-order valence-corrected chi connectivity index (χ4v) is 3.80. The van der Waals surface area contributed by atoms with E-state index >= 15 is 0 Å². The normalized spacial score (nSPS) is 12.5. The zero-order valence-corrected chi connectivity index (χ0v) is 17.0. The van der Waals surface area contributed by atoms with Gasteiger partial charge in [-0.1, -0.05) is 0 Å². The number of fused-ring (bicyclic) bond motifs is 1. The number of halogens is 6. The molecular weight excluding hydrogens is 472 g/mol. The first-order valence-electron chi connectivity index (χ1n) is 9.07. The molecule has 1 aromatic heterocycles. The van der Waals surface area contributed by atoms with E-state index in [9.17, 15) is 31.4 Å². The SMILES string of the molecule is Oc1ccc(N=Nc2ccc(-c3nc4cc(OC(F)(F)F)ccc4s3)cc2)c(C(F)(F)F)c1. The number of phenols is 1. The van der Waals surface area contributed by atoms with Crippen LogP contribution in [0.25, 0.3) is 20.8 Å². The van der Waals surface area contributed by atoms with Crippen molar-refractivity contribution in [1.82, 2.24) is 4.98 Å². The molecule has 3 aromatic carbocycles. The van der Waals surface area contributed by atoms with Crippen molar-refractivity contribution in [3.05, 3.63) is 66.2 Å². The summed E-state index contributed by atoms with van der Waals surface area (Å²) in [6.07, 6.45) is -9.52. The minimum atomic E-state index is -4.81. The quantitative estimate of drug-likeness (QED) is 0.236. The molecule has 1 N–H and O–H groups in total. The Labute approximate surface area is 185 Å². The highest BCUT2D eigenvalue weighted by Crippen LogP contribution is 2.39. The zero-order valence-electron chi connectivity index (χ0n) is 16.1. The standard InChI is InChI=1S/C21H11F6N3O2S/c22-20(23,24)15-9-13(31)5-7-16(15)30-29-12-3-1-11(2-4-12)19-28-17-10-14(32-21(25,26)27)6-8-18(17)33-19/h1-10,31H. The number of phenolic OH excluding ortho intramolecular Hbond substituents is 1. The van der Waals surface area contributed by atoms with Crippen molar-refractivity contribution in [2.75, 3.05) is 0 Å². The third kappa shape index (κ3) is 5.40. The first-order chi connectivity index (χ1) is 15.5. The molecule has 0 saturated carbocycles. The van der Waals surface area contributed by atoms with Gasteiger partial charge in [-0.3, -0.25) is 0 Å².